The van der Waals surface area contributed by atoms with Gasteiger partial charge in [-0.05, 0) is 25.1 Å². The number of ether oxygens (including phenoxy) is 3. The van der Waals surface area contributed by atoms with Crippen molar-refractivity contribution in [3.8, 4) is 28.5 Å². The van der Waals surface area contributed by atoms with Gasteiger partial charge in [-0.25, -0.2) is 9.97 Å². The molecule has 0 saturated carbocycles. The Morgan fingerprint density at radius 3 is 2.05 bits per heavy atom. The average Bonchev–Trinajstić information content (AvgIpc) is 2.45. The first kappa shape index (κ1) is 13.1. The topological polar surface area (TPSA) is 53.5 Å². The van der Waals surface area contributed by atoms with E-state index in [1.807, 2.05) is 25.1 Å². The van der Waals surface area contributed by atoms with Crippen molar-refractivity contribution in [3.05, 3.63) is 30.2 Å². The molecule has 2 aromatic rings. The molecular weight excluding hydrogens is 244 g/mol. The molecule has 0 amide bonds. The Hall–Kier alpha value is -2.30. The highest BCUT2D eigenvalue weighted by molar-refractivity contribution is 5.68. The van der Waals surface area contributed by atoms with Gasteiger partial charge >= 0.3 is 0 Å². The third-order valence-electron chi connectivity index (χ3n) is 2.74. The highest BCUT2D eigenvalue weighted by atomic mass is 16.5. The quantitative estimate of drug-likeness (QED) is 0.845. The second kappa shape index (κ2) is 5.56. The van der Waals surface area contributed by atoms with Crippen LogP contribution in [0.25, 0.3) is 11.3 Å². The van der Waals surface area contributed by atoms with Crippen LogP contribution in [0.5, 0.6) is 17.2 Å². The minimum Gasteiger partial charge on any atom is -0.493 e. The maximum absolute atomic E-state index is 5.32. The minimum absolute atomic E-state index is 0.569. The van der Waals surface area contributed by atoms with E-state index in [9.17, 15) is 0 Å². The largest absolute Gasteiger partial charge is 0.493 e. The van der Waals surface area contributed by atoms with Crippen molar-refractivity contribution in [1.29, 1.82) is 0 Å². The summed E-state index contributed by atoms with van der Waals surface area (Å²) in [4.78, 5) is 8.47. The molecule has 5 heteroatoms. The molecule has 100 valence electrons. The van der Waals surface area contributed by atoms with E-state index in [1.54, 1.807) is 27.5 Å². The Bertz CT molecular complexity index is 560. The standard InChI is InChI=1S/C14H16N2O3/c1-9-15-6-5-11(16-9)10-7-12(17-2)14(19-4)13(8-10)18-3/h5-8H,1-4H3. The van der Waals surface area contributed by atoms with Crippen molar-refractivity contribution in [1.82, 2.24) is 9.97 Å². The lowest BCUT2D eigenvalue weighted by molar-refractivity contribution is 0.324. The van der Waals surface area contributed by atoms with E-state index >= 15 is 0 Å². The normalized spacial score (nSPS) is 10.1. The van der Waals surface area contributed by atoms with Crippen LogP contribution in [0, 0.1) is 6.92 Å². The van der Waals surface area contributed by atoms with Crippen LogP contribution in [0.2, 0.25) is 0 Å². The van der Waals surface area contributed by atoms with Crippen LogP contribution in [-0.4, -0.2) is 31.3 Å². The van der Waals surface area contributed by atoms with Crippen LogP contribution >= 0.6 is 0 Å². The van der Waals surface area contributed by atoms with Crippen molar-refractivity contribution < 1.29 is 14.2 Å². The Balaban J connectivity index is 2.59. The van der Waals surface area contributed by atoms with Gasteiger partial charge in [-0.15, -0.1) is 0 Å². The molecule has 0 aliphatic rings. The lowest BCUT2D eigenvalue weighted by Crippen LogP contribution is -1.97. The van der Waals surface area contributed by atoms with Gasteiger partial charge in [0.05, 0.1) is 27.0 Å². The number of hydrogen-bond donors (Lipinski definition) is 0. The predicted molar refractivity (Wildman–Crippen MR) is 71.9 cm³/mol. The van der Waals surface area contributed by atoms with E-state index < -0.39 is 0 Å². The first-order valence-electron chi connectivity index (χ1n) is 5.79. The number of aromatic nitrogens is 2. The highest BCUT2D eigenvalue weighted by Crippen LogP contribution is 2.40. The van der Waals surface area contributed by atoms with Crippen LogP contribution in [-0.2, 0) is 0 Å². The first-order chi connectivity index (χ1) is 9.19. The Morgan fingerprint density at radius 2 is 1.58 bits per heavy atom. The number of aryl methyl sites for hydroxylation is 1. The number of nitrogens with zero attached hydrogens (tertiary/aromatic N) is 2. The summed E-state index contributed by atoms with van der Waals surface area (Å²) < 4.78 is 15.9. The van der Waals surface area contributed by atoms with Crippen LogP contribution < -0.4 is 14.2 Å². The van der Waals surface area contributed by atoms with Crippen molar-refractivity contribution in [2.45, 2.75) is 6.92 Å². The molecule has 0 aliphatic heterocycles. The zero-order chi connectivity index (χ0) is 13.8. The zero-order valence-electron chi connectivity index (χ0n) is 11.4. The molecule has 0 fully saturated rings. The number of rotatable bonds is 4. The third kappa shape index (κ3) is 2.59. The lowest BCUT2D eigenvalue weighted by atomic mass is 10.1. The molecule has 1 aromatic heterocycles. The Morgan fingerprint density at radius 1 is 0.947 bits per heavy atom. The molecule has 0 spiro atoms. The zero-order valence-corrected chi connectivity index (χ0v) is 11.4. The van der Waals surface area contributed by atoms with Crippen LogP contribution in [0.4, 0.5) is 0 Å². The fourth-order valence-corrected chi connectivity index (χ4v) is 1.85. The molecule has 0 aliphatic carbocycles. The Labute approximate surface area is 112 Å². The van der Waals surface area contributed by atoms with Crippen molar-refractivity contribution in [3.63, 3.8) is 0 Å². The predicted octanol–water partition coefficient (Wildman–Crippen LogP) is 2.48. The van der Waals surface area contributed by atoms with E-state index in [0.29, 0.717) is 23.1 Å². The van der Waals surface area contributed by atoms with Gasteiger partial charge in [0.15, 0.2) is 11.5 Å². The van der Waals surface area contributed by atoms with E-state index in [-0.39, 0.29) is 0 Å². The molecule has 5 nitrogen and oxygen atoms in total. The third-order valence-corrected chi connectivity index (χ3v) is 2.74. The van der Waals surface area contributed by atoms with Crippen molar-refractivity contribution in [2.24, 2.45) is 0 Å². The van der Waals surface area contributed by atoms with Gasteiger partial charge in [-0.1, -0.05) is 0 Å². The number of hydrogen-bond acceptors (Lipinski definition) is 5. The highest BCUT2D eigenvalue weighted by Gasteiger charge is 2.14. The summed E-state index contributed by atoms with van der Waals surface area (Å²) in [5.41, 5.74) is 1.70. The van der Waals surface area contributed by atoms with Crippen LogP contribution in [0.15, 0.2) is 24.4 Å². The van der Waals surface area contributed by atoms with Gasteiger partial charge in [-0.2, -0.15) is 0 Å². The smallest absolute Gasteiger partial charge is 0.203 e. The summed E-state index contributed by atoms with van der Waals surface area (Å²) in [5.74, 6) is 2.49. The van der Waals surface area contributed by atoms with E-state index in [2.05, 4.69) is 9.97 Å². The van der Waals surface area contributed by atoms with Crippen LogP contribution in [0.3, 0.4) is 0 Å². The molecular formula is C14H16N2O3. The fraction of sp³-hybridized carbons (Fsp3) is 0.286. The second-order valence-electron chi connectivity index (χ2n) is 3.90. The van der Waals surface area contributed by atoms with Gasteiger partial charge < -0.3 is 14.2 Å². The Kier molecular flexibility index (Phi) is 3.85. The average molecular weight is 260 g/mol. The molecule has 1 aromatic carbocycles. The summed E-state index contributed by atoms with van der Waals surface area (Å²) in [6, 6.07) is 5.57. The maximum Gasteiger partial charge on any atom is 0.203 e. The van der Waals surface area contributed by atoms with E-state index in [1.165, 1.54) is 0 Å². The van der Waals surface area contributed by atoms with Gasteiger partial charge in [0.2, 0.25) is 5.75 Å². The maximum atomic E-state index is 5.32. The van der Waals surface area contributed by atoms with E-state index in [0.717, 1.165) is 11.3 Å². The molecule has 0 N–H and O–H groups in total. The molecule has 1 heterocycles. The second-order valence-corrected chi connectivity index (χ2v) is 3.90. The lowest BCUT2D eigenvalue weighted by Gasteiger charge is -2.13. The molecule has 19 heavy (non-hydrogen) atoms. The minimum atomic E-state index is 0.569. The van der Waals surface area contributed by atoms with Crippen LogP contribution in [0.1, 0.15) is 5.82 Å². The van der Waals surface area contributed by atoms with Crippen molar-refractivity contribution >= 4 is 0 Å². The van der Waals surface area contributed by atoms with Gasteiger partial charge in [0, 0.05) is 11.8 Å². The number of methoxy groups -OCH3 is 3. The molecule has 0 saturated heterocycles. The van der Waals surface area contributed by atoms with E-state index in [4.69, 9.17) is 14.2 Å². The van der Waals surface area contributed by atoms with Gasteiger partial charge in [0.25, 0.3) is 0 Å². The molecule has 2 rings (SSSR count). The SMILES string of the molecule is COc1cc(-c2ccnc(C)n2)cc(OC)c1OC. The van der Waals surface area contributed by atoms with Gasteiger partial charge in [0.1, 0.15) is 5.82 Å². The summed E-state index contributed by atoms with van der Waals surface area (Å²) in [6.45, 7) is 1.85. The molecule has 0 unspecified atom stereocenters. The first-order valence-corrected chi connectivity index (χ1v) is 5.79. The van der Waals surface area contributed by atoms with Crippen molar-refractivity contribution in [2.75, 3.05) is 21.3 Å². The monoisotopic (exact) mass is 260 g/mol. The molecule has 0 atom stereocenters. The summed E-state index contributed by atoms with van der Waals surface area (Å²) in [6.07, 6.45) is 1.72. The number of benzene rings is 1. The molecule has 0 radical (unpaired) electrons. The fourth-order valence-electron chi connectivity index (χ4n) is 1.85. The summed E-state index contributed by atoms with van der Waals surface area (Å²) in [5, 5.41) is 0. The van der Waals surface area contributed by atoms with Gasteiger partial charge in [-0.3, -0.25) is 0 Å². The summed E-state index contributed by atoms with van der Waals surface area (Å²) in [7, 11) is 4.76. The summed E-state index contributed by atoms with van der Waals surface area (Å²) >= 11 is 0. The molecule has 0 bridgehead atoms.